The fourth-order valence-electron chi connectivity index (χ4n) is 4.24. The number of Topliss-reactive ketones (excluding diaryl/α,β-unsaturated/α-hetero) is 1. The van der Waals surface area contributed by atoms with Crippen molar-refractivity contribution in [3.63, 3.8) is 0 Å². The molecule has 0 bridgehead atoms. The number of amides is 1. The van der Waals surface area contributed by atoms with Crippen LogP contribution in [-0.4, -0.2) is 42.5 Å². The van der Waals surface area contributed by atoms with Gasteiger partial charge in [-0.25, -0.2) is 0 Å². The van der Waals surface area contributed by atoms with Gasteiger partial charge in [-0.2, -0.15) is 0 Å². The fraction of sp³-hybridized carbons (Fsp3) is 0.385. The number of benzene rings is 2. The van der Waals surface area contributed by atoms with E-state index in [1.165, 1.54) is 4.90 Å². The number of hydrogen-bond donors (Lipinski definition) is 1. The Labute approximate surface area is 189 Å². The zero-order chi connectivity index (χ0) is 23.6. The number of carbonyl (C=O) groups excluding carboxylic acids is 2. The zero-order valence-electron chi connectivity index (χ0n) is 19.6. The number of carbonyl (C=O) groups is 2. The maximum absolute atomic E-state index is 13.1. The van der Waals surface area contributed by atoms with Crippen molar-refractivity contribution in [1.82, 2.24) is 4.90 Å². The van der Waals surface area contributed by atoms with E-state index in [-0.39, 0.29) is 17.3 Å². The van der Waals surface area contributed by atoms with Gasteiger partial charge in [-0.15, -0.1) is 0 Å². The predicted molar refractivity (Wildman–Crippen MR) is 124 cm³/mol. The van der Waals surface area contributed by atoms with Crippen molar-refractivity contribution in [2.24, 2.45) is 0 Å². The van der Waals surface area contributed by atoms with Gasteiger partial charge in [0, 0.05) is 12.1 Å². The summed E-state index contributed by atoms with van der Waals surface area (Å²) in [6.07, 6.45) is 0.687. The van der Waals surface area contributed by atoms with Gasteiger partial charge >= 0.3 is 0 Å². The van der Waals surface area contributed by atoms with Crippen molar-refractivity contribution in [3.8, 4) is 11.5 Å². The van der Waals surface area contributed by atoms with E-state index < -0.39 is 17.7 Å². The van der Waals surface area contributed by atoms with Crippen LogP contribution in [0.25, 0.3) is 5.76 Å². The molecule has 1 amide bonds. The maximum Gasteiger partial charge on any atom is 0.295 e. The molecule has 0 saturated carbocycles. The summed E-state index contributed by atoms with van der Waals surface area (Å²) in [5.74, 6) is 0.0456. The second-order valence-corrected chi connectivity index (χ2v) is 8.33. The molecule has 2 aromatic carbocycles. The number of nitrogens with zero attached hydrogens (tertiary/aromatic N) is 1. The number of aliphatic hydroxyl groups excluding tert-OH is 1. The molecule has 1 atom stereocenters. The van der Waals surface area contributed by atoms with Gasteiger partial charge in [0.1, 0.15) is 17.3 Å². The summed E-state index contributed by atoms with van der Waals surface area (Å²) in [6, 6.07) is 10.3. The summed E-state index contributed by atoms with van der Waals surface area (Å²) in [6.45, 7) is 8.28. The van der Waals surface area contributed by atoms with E-state index in [4.69, 9.17) is 9.47 Å². The van der Waals surface area contributed by atoms with Gasteiger partial charge in [-0.05, 0) is 60.2 Å². The highest BCUT2D eigenvalue weighted by molar-refractivity contribution is 6.46. The summed E-state index contributed by atoms with van der Waals surface area (Å²) < 4.78 is 10.9. The lowest BCUT2D eigenvalue weighted by Gasteiger charge is -2.25. The van der Waals surface area contributed by atoms with E-state index in [0.29, 0.717) is 29.8 Å². The van der Waals surface area contributed by atoms with Crippen LogP contribution >= 0.6 is 0 Å². The fourth-order valence-corrected chi connectivity index (χ4v) is 4.24. The summed E-state index contributed by atoms with van der Waals surface area (Å²) in [5.41, 5.74) is 3.01. The van der Waals surface area contributed by atoms with Crippen LogP contribution in [0.3, 0.4) is 0 Å². The highest BCUT2D eigenvalue weighted by Crippen LogP contribution is 2.42. The van der Waals surface area contributed by atoms with Crippen molar-refractivity contribution < 1.29 is 24.2 Å². The van der Waals surface area contributed by atoms with Crippen molar-refractivity contribution >= 4 is 17.4 Å². The van der Waals surface area contributed by atoms with Gasteiger partial charge in [0.15, 0.2) is 0 Å². The number of aliphatic hydroxyl groups is 1. The molecule has 2 aromatic rings. The number of ether oxygens (including phenoxy) is 2. The topological polar surface area (TPSA) is 76.1 Å². The lowest BCUT2D eigenvalue weighted by atomic mass is 9.91. The summed E-state index contributed by atoms with van der Waals surface area (Å²) in [7, 11) is 3.18. The zero-order valence-corrected chi connectivity index (χ0v) is 19.6. The molecule has 1 aliphatic heterocycles. The van der Waals surface area contributed by atoms with Gasteiger partial charge in [0.25, 0.3) is 11.7 Å². The van der Waals surface area contributed by atoms with Gasteiger partial charge in [-0.1, -0.05) is 32.9 Å². The molecule has 0 radical (unpaired) electrons. The first-order valence-corrected chi connectivity index (χ1v) is 10.9. The van der Waals surface area contributed by atoms with Crippen LogP contribution in [0.4, 0.5) is 0 Å². The van der Waals surface area contributed by atoms with Gasteiger partial charge in [0.2, 0.25) is 0 Å². The normalized spacial score (nSPS) is 17.8. The number of hydrogen-bond acceptors (Lipinski definition) is 5. The van der Waals surface area contributed by atoms with Gasteiger partial charge < -0.3 is 19.5 Å². The smallest absolute Gasteiger partial charge is 0.295 e. The second-order valence-electron chi connectivity index (χ2n) is 8.33. The Morgan fingerprint density at radius 2 is 1.84 bits per heavy atom. The molecule has 1 fully saturated rings. The van der Waals surface area contributed by atoms with Gasteiger partial charge in [0.05, 0.1) is 25.8 Å². The van der Waals surface area contributed by atoms with Crippen LogP contribution in [-0.2, 0) is 9.59 Å². The van der Waals surface area contributed by atoms with E-state index in [2.05, 4.69) is 0 Å². The molecule has 1 saturated heterocycles. The second kappa shape index (κ2) is 9.47. The van der Waals surface area contributed by atoms with E-state index in [1.54, 1.807) is 26.4 Å². The highest BCUT2D eigenvalue weighted by Gasteiger charge is 2.46. The van der Waals surface area contributed by atoms with E-state index in [1.807, 2.05) is 52.0 Å². The molecule has 6 nitrogen and oxygen atoms in total. The Morgan fingerprint density at radius 3 is 2.44 bits per heavy atom. The van der Waals surface area contributed by atoms with Crippen LogP contribution in [0.5, 0.6) is 11.5 Å². The average Bonchev–Trinajstić information content (AvgIpc) is 3.03. The van der Waals surface area contributed by atoms with Gasteiger partial charge in [-0.3, -0.25) is 9.59 Å². The summed E-state index contributed by atoms with van der Waals surface area (Å²) in [4.78, 5) is 27.6. The van der Waals surface area contributed by atoms with Crippen molar-refractivity contribution in [1.29, 1.82) is 0 Å². The van der Waals surface area contributed by atoms with E-state index in [9.17, 15) is 14.7 Å². The molecular weight excluding hydrogens is 406 g/mol. The first-order valence-electron chi connectivity index (χ1n) is 10.9. The van der Waals surface area contributed by atoms with Crippen LogP contribution < -0.4 is 9.47 Å². The Bertz CT molecular complexity index is 1070. The predicted octanol–water partition coefficient (Wildman–Crippen LogP) is 4.97. The van der Waals surface area contributed by atoms with Crippen LogP contribution in [0.1, 0.15) is 61.4 Å². The molecule has 0 spiro atoms. The maximum atomic E-state index is 13.1. The largest absolute Gasteiger partial charge is 0.507 e. The minimum absolute atomic E-state index is 0.0969. The van der Waals surface area contributed by atoms with Crippen molar-refractivity contribution in [3.05, 3.63) is 64.2 Å². The van der Waals surface area contributed by atoms with Crippen LogP contribution in [0, 0.1) is 6.92 Å². The number of ketones is 1. The quantitative estimate of drug-likeness (QED) is 0.376. The summed E-state index contributed by atoms with van der Waals surface area (Å²) >= 11 is 0. The minimum Gasteiger partial charge on any atom is -0.507 e. The molecule has 1 N–H and O–H groups in total. The first-order chi connectivity index (χ1) is 15.2. The number of rotatable bonds is 7. The molecule has 3 rings (SSSR count). The third-order valence-electron chi connectivity index (χ3n) is 5.87. The lowest BCUT2D eigenvalue weighted by Crippen LogP contribution is -2.30. The number of likely N-dealkylation sites (tertiary alicyclic amines) is 1. The molecule has 0 aromatic heterocycles. The minimum atomic E-state index is -0.686. The monoisotopic (exact) mass is 437 g/mol. The molecular formula is C26H31NO5. The molecule has 6 heteroatoms. The highest BCUT2D eigenvalue weighted by atomic mass is 16.5. The third kappa shape index (κ3) is 4.09. The standard InChI is InChI=1S/C26H31NO5/c1-7-11-27-23(17-9-8-10-18(13-17)31-5)22(25(29)26(27)30)24(28)20-14-19(15(2)3)21(32-6)12-16(20)4/h8-10,12-15,23,28H,7,11H2,1-6H3/b24-22+. The number of aryl methyl sites for hydroxylation is 1. The third-order valence-corrected chi connectivity index (χ3v) is 5.87. The summed E-state index contributed by atoms with van der Waals surface area (Å²) in [5, 5.41) is 11.4. The molecule has 170 valence electrons. The van der Waals surface area contributed by atoms with Crippen molar-refractivity contribution in [2.75, 3.05) is 20.8 Å². The lowest BCUT2D eigenvalue weighted by molar-refractivity contribution is -0.139. The molecule has 1 heterocycles. The number of methoxy groups -OCH3 is 2. The Hall–Kier alpha value is -3.28. The van der Waals surface area contributed by atoms with Crippen LogP contribution in [0.2, 0.25) is 0 Å². The Kier molecular flexibility index (Phi) is 6.92. The molecule has 32 heavy (non-hydrogen) atoms. The Morgan fingerprint density at radius 1 is 1.12 bits per heavy atom. The Balaban J connectivity index is 2.27. The molecule has 1 unspecified atom stereocenters. The van der Waals surface area contributed by atoms with Crippen molar-refractivity contribution in [2.45, 2.75) is 46.1 Å². The van der Waals surface area contributed by atoms with E-state index in [0.717, 1.165) is 16.9 Å². The van der Waals surface area contributed by atoms with Crippen LogP contribution in [0.15, 0.2) is 42.0 Å². The first kappa shape index (κ1) is 23.4. The SMILES string of the molecule is CCCN1C(=O)C(=O)/C(=C(/O)c2cc(C(C)C)c(OC)cc2C)C1c1cccc(OC)c1. The van der Waals surface area contributed by atoms with E-state index >= 15 is 0 Å². The molecule has 1 aliphatic rings. The molecule has 0 aliphatic carbocycles. The average molecular weight is 438 g/mol.